The summed E-state index contributed by atoms with van der Waals surface area (Å²) in [6, 6.07) is 61.2. The molecule has 0 amide bonds. The minimum Gasteiger partial charge on any atom is -1.00 e. The van der Waals surface area contributed by atoms with E-state index in [1.54, 1.807) is 0 Å². The fourth-order valence-electron chi connectivity index (χ4n) is 6.82. The van der Waals surface area contributed by atoms with Gasteiger partial charge in [-0.3, -0.25) is 0 Å². The van der Waals surface area contributed by atoms with Crippen LogP contribution in [0.3, 0.4) is 0 Å². The molecule has 0 aliphatic heterocycles. The van der Waals surface area contributed by atoms with Crippen LogP contribution in [0.15, 0.2) is 170 Å². The van der Waals surface area contributed by atoms with E-state index in [4.69, 9.17) is 0 Å². The third-order valence-corrected chi connectivity index (χ3v) is 8.63. The molecule has 0 heterocycles. The molecule has 228 valence electrons. The summed E-state index contributed by atoms with van der Waals surface area (Å²) in [7, 11) is 0. The fourth-order valence-corrected chi connectivity index (χ4v) is 6.82. The number of rotatable bonds is 10. The average Bonchev–Trinajstić information content (AvgIpc) is 3.81. The van der Waals surface area contributed by atoms with Gasteiger partial charge in [-0.1, -0.05) is 148 Å². The molecule has 0 N–H and O–H groups in total. The Morgan fingerprint density at radius 1 is 0.378 bits per heavy atom. The van der Waals surface area contributed by atoms with Crippen molar-refractivity contribution >= 4 is 0 Å². The van der Waals surface area contributed by atoms with Crippen LogP contribution in [-0.2, 0) is 37.0 Å². The van der Waals surface area contributed by atoms with Crippen molar-refractivity contribution in [3.8, 4) is 0 Å². The van der Waals surface area contributed by atoms with E-state index in [1.807, 2.05) is 0 Å². The zero-order chi connectivity index (χ0) is 29.1. The van der Waals surface area contributed by atoms with Crippen molar-refractivity contribution < 1.29 is 51.0 Å². The first kappa shape index (κ1) is 38.2. The van der Waals surface area contributed by atoms with Crippen molar-refractivity contribution in [2.45, 2.75) is 50.4 Å². The van der Waals surface area contributed by atoms with Crippen LogP contribution >= 0.6 is 0 Å². The third kappa shape index (κ3) is 8.26. The second-order valence-electron chi connectivity index (χ2n) is 11.1. The van der Waals surface area contributed by atoms with Gasteiger partial charge in [0.05, 0.1) is 0 Å². The Kier molecular flexibility index (Phi) is 16.0. The molecule has 0 unspecified atom stereocenters. The first-order chi connectivity index (χ1) is 20.8. The fraction of sp³-hybridized carbons (Fsp3) is 0.190. The Bertz CT molecular complexity index is 1360. The Labute approximate surface area is 302 Å². The molecule has 0 atom stereocenters. The number of halogens is 2. The predicted octanol–water partition coefficient (Wildman–Crippen LogP) is 5.09. The summed E-state index contributed by atoms with van der Waals surface area (Å²) in [6.45, 7) is 4.53. The maximum Gasteiger partial charge on any atom is 4.00 e. The molecule has 6 rings (SSSR count). The first-order valence-electron chi connectivity index (χ1n) is 15.4. The predicted molar refractivity (Wildman–Crippen MR) is 179 cm³/mol. The summed E-state index contributed by atoms with van der Waals surface area (Å²) in [5, 5.41) is 0. The Morgan fingerprint density at radius 3 is 0.800 bits per heavy atom. The molecule has 0 fully saturated rings. The Morgan fingerprint density at radius 2 is 0.600 bits per heavy atom. The molecule has 0 radical (unpaired) electrons. The number of hydrogen-bond donors (Lipinski definition) is 0. The van der Waals surface area contributed by atoms with E-state index in [9.17, 15) is 0 Å². The molecule has 6 aromatic rings. The van der Waals surface area contributed by atoms with Crippen molar-refractivity contribution in [1.29, 1.82) is 0 Å². The Hall–Kier alpha value is -2.96. The van der Waals surface area contributed by atoms with Gasteiger partial charge in [-0.05, 0) is 35.1 Å². The van der Waals surface area contributed by atoms with Gasteiger partial charge in [0, 0.05) is 10.8 Å². The molecule has 0 saturated carbocycles. The molecule has 45 heavy (non-hydrogen) atoms. The SMILES string of the molecule is CCCC(c1ccccc1)(c1ccccc1)[c-]1cccc1.CCCC(c1ccccc1)(c1ccccc1)[c-]1cccc1.[Cl-].[Cl-].[Zr+4]. The summed E-state index contributed by atoms with van der Waals surface area (Å²) in [6.07, 6.45) is 4.53. The van der Waals surface area contributed by atoms with Crippen LogP contribution in [0.5, 0.6) is 0 Å². The standard InChI is InChI=1S/2C21H21.2ClH.Zr/c2*1-2-17-21(20-15-9-10-16-20,18-11-5-3-6-12-18)19-13-7-4-8-14-19;;;/h2*3-16H,2,17H2,1H3;2*1H;/q2*-1;;;+4/p-2. The van der Waals surface area contributed by atoms with Gasteiger partial charge in [0.15, 0.2) is 0 Å². The molecule has 0 bridgehead atoms. The van der Waals surface area contributed by atoms with Gasteiger partial charge >= 0.3 is 26.2 Å². The van der Waals surface area contributed by atoms with E-state index < -0.39 is 0 Å². The van der Waals surface area contributed by atoms with Gasteiger partial charge < -0.3 is 24.8 Å². The van der Waals surface area contributed by atoms with Crippen LogP contribution in [-0.4, -0.2) is 0 Å². The molecular weight excluding hydrogens is 667 g/mol. The molecule has 6 aromatic carbocycles. The molecule has 0 saturated heterocycles. The van der Waals surface area contributed by atoms with Gasteiger partial charge in [0.1, 0.15) is 0 Å². The van der Waals surface area contributed by atoms with E-state index in [2.05, 4.69) is 184 Å². The zero-order valence-electron chi connectivity index (χ0n) is 26.3. The average molecular weight is 709 g/mol. The van der Waals surface area contributed by atoms with Gasteiger partial charge in [0.2, 0.25) is 0 Å². The van der Waals surface area contributed by atoms with Crippen LogP contribution in [0.1, 0.15) is 72.9 Å². The smallest absolute Gasteiger partial charge is 1.00 e. The minimum atomic E-state index is -0.0409. The maximum absolute atomic E-state index is 2.27. The first-order valence-corrected chi connectivity index (χ1v) is 15.4. The minimum absolute atomic E-state index is 0. The van der Waals surface area contributed by atoms with Gasteiger partial charge in [0.25, 0.3) is 0 Å². The zero-order valence-corrected chi connectivity index (χ0v) is 30.2. The molecule has 0 aromatic heterocycles. The number of hydrogen-bond acceptors (Lipinski definition) is 0. The van der Waals surface area contributed by atoms with E-state index in [1.165, 1.54) is 33.4 Å². The normalized spacial score (nSPS) is 10.7. The maximum atomic E-state index is 2.27. The van der Waals surface area contributed by atoms with Crippen LogP contribution in [0.4, 0.5) is 0 Å². The van der Waals surface area contributed by atoms with Crippen LogP contribution < -0.4 is 24.8 Å². The van der Waals surface area contributed by atoms with E-state index in [0.717, 1.165) is 25.7 Å². The van der Waals surface area contributed by atoms with E-state index in [0.29, 0.717) is 0 Å². The molecule has 0 nitrogen and oxygen atoms in total. The Balaban J connectivity index is 0.000000294. The van der Waals surface area contributed by atoms with Crippen molar-refractivity contribution in [3.05, 3.63) is 203 Å². The molecule has 0 spiro atoms. The summed E-state index contributed by atoms with van der Waals surface area (Å²) >= 11 is 0. The molecule has 3 heteroatoms. The second-order valence-corrected chi connectivity index (χ2v) is 11.1. The summed E-state index contributed by atoms with van der Waals surface area (Å²) in [4.78, 5) is 0. The van der Waals surface area contributed by atoms with Crippen molar-refractivity contribution in [2.75, 3.05) is 0 Å². The molecule has 0 aliphatic rings. The number of benzene rings is 4. The van der Waals surface area contributed by atoms with E-state index >= 15 is 0 Å². The van der Waals surface area contributed by atoms with Crippen molar-refractivity contribution in [1.82, 2.24) is 0 Å². The largest absolute Gasteiger partial charge is 4.00 e. The van der Waals surface area contributed by atoms with Crippen LogP contribution in [0, 0.1) is 0 Å². The van der Waals surface area contributed by atoms with E-state index in [-0.39, 0.29) is 61.8 Å². The molecular formula is C42H42Cl2Zr. The third-order valence-electron chi connectivity index (χ3n) is 8.63. The van der Waals surface area contributed by atoms with Crippen LogP contribution in [0.25, 0.3) is 0 Å². The summed E-state index contributed by atoms with van der Waals surface area (Å²) < 4.78 is 0. The van der Waals surface area contributed by atoms with Crippen molar-refractivity contribution in [3.63, 3.8) is 0 Å². The molecule has 0 aliphatic carbocycles. The topological polar surface area (TPSA) is 0 Å². The second kappa shape index (κ2) is 18.9. The quantitative estimate of drug-likeness (QED) is 0.174. The van der Waals surface area contributed by atoms with Crippen molar-refractivity contribution in [2.24, 2.45) is 0 Å². The monoisotopic (exact) mass is 706 g/mol. The van der Waals surface area contributed by atoms with Gasteiger partial charge in [-0.2, -0.15) is 24.3 Å². The van der Waals surface area contributed by atoms with Gasteiger partial charge in [-0.15, -0.1) is 11.1 Å². The summed E-state index contributed by atoms with van der Waals surface area (Å²) in [5.41, 5.74) is 8.21. The van der Waals surface area contributed by atoms with Gasteiger partial charge in [-0.25, -0.2) is 24.3 Å². The summed E-state index contributed by atoms with van der Waals surface area (Å²) in [5.74, 6) is 0. The van der Waals surface area contributed by atoms with Crippen LogP contribution in [0.2, 0.25) is 0 Å².